The zero-order chi connectivity index (χ0) is 22.7. The number of hydrogen-bond donors (Lipinski definition) is 1. The molecule has 1 amide bonds. The van der Waals surface area contributed by atoms with Crippen molar-refractivity contribution in [1.82, 2.24) is 0 Å². The third-order valence-corrected chi connectivity index (χ3v) is 6.88. The summed E-state index contributed by atoms with van der Waals surface area (Å²) in [4.78, 5) is 13.1. The van der Waals surface area contributed by atoms with E-state index in [1.54, 1.807) is 61.5 Å². The minimum Gasteiger partial charge on any atom is -0.476 e. The third kappa shape index (κ3) is 4.66. The number of nitrogens with zero attached hydrogens (tertiary/aromatic N) is 1. The molecule has 3 aromatic rings. The van der Waals surface area contributed by atoms with Crippen LogP contribution in [0.4, 0.5) is 11.4 Å². The van der Waals surface area contributed by atoms with Crippen molar-refractivity contribution in [2.45, 2.75) is 13.0 Å². The molecule has 1 atom stereocenters. The summed E-state index contributed by atoms with van der Waals surface area (Å²) >= 11 is 6.13. The highest BCUT2D eigenvalue weighted by molar-refractivity contribution is 7.92. The second-order valence-corrected chi connectivity index (χ2v) is 9.67. The number of halogens is 1. The van der Waals surface area contributed by atoms with Gasteiger partial charge in [-0.3, -0.25) is 9.10 Å². The Bertz CT molecular complexity index is 1230. The van der Waals surface area contributed by atoms with Gasteiger partial charge >= 0.3 is 0 Å². The van der Waals surface area contributed by atoms with Crippen molar-refractivity contribution in [2.24, 2.45) is 0 Å². The number of sulfonamides is 1. The summed E-state index contributed by atoms with van der Waals surface area (Å²) in [6.07, 6.45) is -1.06. The van der Waals surface area contributed by atoms with Gasteiger partial charge in [-0.25, -0.2) is 8.42 Å². The van der Waals surface area contributed by atoms with E-state index >= 15 is 0 Å². The van der Waals surface area contributed by atoms with Crippen LogP contribution >= 0.6 is 11.6 Å². The smallest absolute Gasteiger partial charge is 0.267 e. The molecule has 1 aliphatic rings. The van der Waals surface area contributed by atoms with Crippen LogP contribution in [0.1, 0.15) is 6.92 Å². The van der Waals surface area contributed by atoms with Gasteiger partial charge in [0.1, 0.15) is 11.5 Å². The predicted octanol–water partition coefficient (Wildman–Crippen LogP) is 4.69. The van der Waals surface area contributed by atoms with E-state index in [-0.39, 0.29) is 12.3 Å². The first-order valence-electron chi connectivity index (χ1n) is 9.97. The zero-order valence-corrected chi connectivity index (χ0v) is 18.8. The van der Waals surface area contributed by atoms with Gasteiger partial charge < -0.3 is 14.8 Å². The summed E-state index contributed by atoms with van der Waals surface area (Å²) < 4.78 is 38.2. The molecule has 0 spiro atoms. The molecule has 32 heavy (non-hydrogen) atoms. The lowest BCUT2D eigenvalue weighted by molar-refractivity contribution is -0.122. The fraction of sp³-hybridized carbons (Fsp3) is 0.174. The molecular formula is C23H21ClN2O5S. The minimum absolute atomic E-state index is 0.0982. The van der Waals surface area contributed by atoms with Gasteiger partial charge in [0, 0.05) is 5.02 Å². The van der Waals surface area contributed by atoms with Crippen LogP contribution in [0.3, 0.4) is 0 Å². The average Bonchev–Trinajstić information content (AvgIpc) is 2.80. The largest absolute Gasteiger partial charge is 0.476 e. The Morgan fingerprint density at radius 1 is 1.12 bits per heavy atom. The van der Waals surface area contributed by atoms with Crippen LogP contribution in [-0.4, -0.2) is 32.7 Å². The normalized spacial score (nSPS) is 15.4. The molecule has 4 rings (SSSR count). The molecule has 1 heterocycles. The zero-order valence-electron chi connectivity index (χ0n) is 17.2. The van der Waals surface area contributed by atoms with Crippen molar-refractivity contribution in [3.05, 3.63) is 77.8 Å². The molecule has 1 aliphatic heterocycles. The number of nitrogens with one attached hydrogen (secondary N) is 1. The fourth-order valence-corrected chi connectivity index (χ4v) is 4.57. The molecule has 9 heteroatoms. The highest BCUT2D eigenvalue weighted by atomic mass is 35.5. The standard InChI is InChI=1S/C23H21ClN2O5S/c1-2-32(28,29)26-15-22(31-21-11-7-6-10-19(21)26)23(27)25-18-14-16(24)12-13-20(18)30-17-8-4-3-5-9-17/h3-14,22H,2,15H2,1H3,(H,25,27). The number of benzene rings is 3. The second-order valence-electron chi connectivity index (χ2n) is 7.05. The fourth-order valence-electron chi connectivity index (χ4n) is 3.28. The number of fused-ring (bicyclic) bond motifs is 1. The number of carbonyl (C=O) groups excluding carboxylic acids is 1. The van der Waals surface area contributed by atoms with Crippen LogP contribution in [0.15, 0.2) is 72.8 Å². The molecule has 3 aromatic carbocycles. The monoisotopic (exact) mass is 472 g/mol. The Hall–Kier alpha value is -3.23. The van der Waals surface area contributed by atoms with E-state index in [0.717, 1.165) is 0 Å². The Kier molecular flexibility index (Phi) is 6.25. The number of carbonyl (C=O) groups is 1. The van der Waals surface area contributed by atoms with E-state index in [4.69, 9.17) is 21.1 Å². The molecule has 7 nitrogen and oxygen atoms in total. The van der Waals surface area contributed by atoms with Gasteiger partial charge in [0.2, 0.25) is 10.0 Å². The molecule has 0 aliphatic carbocycles. The Morgan fingerprint density at radius 3 is 2.59 bits per heavy atom. The van der Waals surface area contributed by atoms with Crippen LogP contribution in [0.25, 0.3) is 0 Å². The molecule has 0 fully saturated rings. The van der Waals surface area contributed by atoms with Gasteiger partial charge in [-0.1, -0.05) is 41.9 Å². The van der Waals surface area contributed by atoms with Crippen LogP contribution < -0.4 is 19.1 Å². The van der Waals surface area contributed by atoms with Crippen molar-refractivity contribution in [3.63, 3.8) is 0 Å². The van der Waals surface area contributed by atoms with Crippen LogP contribution in [0.2, 0.25) is 5.02 Å². The first kappa shape index (κ1) is 22.0. The maximum absolute atomic E-state index is 13.1. The third-order valence-electron chi connectivity index (χ3n) is 4.90. The second kappa shape index (κ2) is 9.10. The van der Waals surface area contributed by atoms with Crippen molar-refractivity contribution < 1.29 is 22.7 Å². The molecule has 0 bridgehead atoms. The highest BCUT2D eigenvalue weighted by Gasteiger charge is 2.36. The van der Waals surface area contributed by atoms with E-state index in [0.29, 0.717) is 33.6 Å². The number of ether oxygens (including phenoxy) is 2. The Labute approximate surface area is 191 Å². The van der Waals surface area contributed by atoms with Crippen molar-refractivity contribution in [1.29, 1.82) is 0 Å². The number of amides is 1. The maximum atomic E-state index is 13.1. The summed E-state index contributed by atoms with van der Waals surface area (Å²) in [6, 6.07) is 20.7. The summed E-state index contributed by atoms with van der Waals surface area (Å²) in [5, 5.41) is 3.18. The Balaban J connectivity index is 1.60. The van der Waals surface area contributed by atoms with Crippen molar-refractivity contribution in [3.8, 4) is 17.2 Å². The molecule has 1 unspecified atom stereocenters. The summed E-state index contributed by atoms with van der Waals surface area (Å²) in [5.74, 6) is 0.689. The van der Waals surface area contributed by atoms with E-state index in [2.05, 4.69) is 5.32 Å². The Morgan fingerprint density at radius 2 is 1.84 bits per heavy atom. The first-order chi connectivity index (χ1) is 15.4. The number of para-hydroxylation sites is 3. The van der Waals surface area contributed by atoms with Gasteiger partial charge in [0.15, 0.2) is 11.9 Å². The van der Waals surface area contributed by atoms with Gasteiger partial charge in [-0.15, -0.1) is 0 Å². The quantitative estimate of drug-likeness (QED) is 0.562. The van der Waals surface area contributed by atoms with Crippen LogP contribution in [0, 0.1) is 0 Å². The minimum atomic E-state index is -3.60. The lowest BCUT2D eigenvalue weighted by Crippen LogP contribution is -2.49. The molecular weight excluding hydrogens is 452 g/mol. The highest BCUT2D eigenvalue weighted by Crippen LogP contribution is 2.36. The predicted molar refractivity (Wildman–Crippen MR) is 124 cm³/mol. The average molecular weight is 473 g/mol. The van der Waals surface area contributed by atoms with Crippen molar-refractivity contribution in [2.75, 3.05) is 21.9 Å². The summed E-state index contributed by atoms with van der Waals surface area (Å²) in [7, 11) is -3.60. The summed E-state index contributed by atoms with van der Waals surface area (Å²) in [6.45, 7) is 1.41. The van der Waals surface area contributed by atoms with E-state index < -0.39 is 22.0 Å². The van der Waals surface area contributed by atoms with Gasteiger partial charge in [-0.2, -0.15) is 0 Å². The molecule has 0 saturated carbocycles. The maximum Gasteiger partial charge on any atom is 0.267 e. The van der Waals surface area contributed by atoms with Crippen LogP contribution in [-0.2, 0) is 14.8 Å². The molecule has 166 valence electrons. The molecule has 0 radical (unpaired) electrons. The molecule has 0 aromatic heterocycles. The first-order valence-corrected chi connectivity index (χ1v) is 12.0. The van der Waals surface area contributed by atoms with Gasteiger partial charge in [0.05, 0.1) is 23.7 Å². The van der Waals surface area contributed by atoms with Gasteiger partial charge in [-0.05, 0) is 49.4 Å². The van der Waals surface area contributed by atoms with Gasteiger partial charge in [0.25, 0.3) is 5.91 Å². The lowest BCUT2D eigenvalue weighted by Gasteiger charge is -2.34. The lowest BCUT2D eigenvalue weighted by atomic mass is 10.2. The molecule has 0 saturated heterocycles. The SMILES string of the molecule is CCS(=O)(=O)N1CC(C(=O)Nc2cc(Cl)ccc2Oc2ccccc2)Oc2ccccc21. The number of anilines is 2. The number of rotatable bonds is 6. The number of hydrogen-bond acceptors (Lipinski definition) is 5. The topological polar surface area (TPSA) is 84.9 Å². The van der Waals surface area contributed by atoms with E-state index in [1.807, 2.05) is 18.2 Å². The van der Waals surface area contributed by atoms with Crippen LogP contribution in [0.5, 0.6) is 17.2 Å². The summed E-state index contributed by atoms with van der Waals surface area (Å²) in [5.41, 5.74) is 0.757. The molecule has 1 N–H and O–H groups in total. The van der Waals surface area contributed by atoms with Crippen molar-refractivity contribution >= 4 is 38.9 Å². The van der Waals surface area contributed by atoms with E-state index in [1.165, 1.54) is 4.31 Å². The van der Waals surface area contributed by atoms with E-state index in [9.17, 15) is 13.2 Å².